The highest BCUT2D eigenvalue weighted by Crippen LogP contribution is 2.27. The van der Waals surface area contributed by atoms with Gasteiger partial charge in [0, 0.05) is 25.2 Å². The Kier molecular flexibility index (Phi) is 6.06. The fourth-order valence-electron chi connectivity index (χ4n) is 3.61. The molecule has 0 saturated carbocycles. The second-order valence-electron chi connectivity index (χ2n) is 7.48. The number of hydrogen-bond donors (Lipinski definition) is 1. The van der Waals surface area contributed by atoms with Gasteiger partial charge in [-0.25, -0.2) is 13.1 Å². The topological polar surface area (TPSA) is 75.7 Å². The minimum Gasteiger partial charge on any atom is -0.457 e. The minimum absolute atomic E-state index is 0.0782. The minimum atomic E-state index is -3.70. The zero-order valence-corrected chi connectivity index (χ0v) is 18.1. The summed E-state index contributed by atoms with van der Waals surface area (Å²) < 4.78 is 34.1. The third kappa shape index (κ3) is 4.95. The van der Waals surface area contributed by atoms with E-state index in [1.807, 2.05) is 61.5 Å². The largest absolute Gasteiger partial charge is 0.457 e. The molecule has 0 aliphatic carbocycles. The lowest BCUT2D eigenvalue weighted by Gasteiger charge is -2.19. The van der Waals surface area contributed by atoms with Crippen LogP contribution in [0.4, 0.5) is 5.69 Å². The maximum Gasteiger partial charge on any atom is 0.240 e. The highest BCUT2D eigenvalue weighted by molar-refractivity contribution is 7.89. The van der Waals surface area contributed by atoms with Crippen LogP contribution in [0.25, 0.3) is 0 Å². The molecule has 3 aromatic rings. The smallest absolute Gasteiger partial charge is 0.240 e. The number of hydrogen-bond acceptors (Lipinski definition) is 4. The predicted octanol–water partition coefficient (Wildman–Crippen LogP) is 4.39. The summed E-state index contributed by atoms with van der Waals surface area (Å²) >= 11 is 0. The first-order valence-electron chi connectivity index (χ1n) is 10.1. The Morgan fingerprint density at radius 1 is 0.968 bits per heavy atom. The number of para-hydroxylation sites is 1. The first-order chi connectivity index (χ1) is 14.9. The van der Waals surface area contributed by atoms with Gasteiger partial charge < -0.3 is 9.64 Å². The molecule has 1 aliphatic heterocycles. The van der Waals surface area contributed by atoms with E-state index in [4.69, 9.17) is 4.74 Å². The highest BCUT2D eigenvalue weighted by Gasteiger charge is 2.24. The molecule has 1 heterocycles. The quantitative estimate of drug-likeness (QED) is 0.596. The fraction of sp³-hybridized carbons (Fsp3) is 0.208. The van der Waals surface area contributed by atoms with Crippen LogP contribution in [-0.4, -0.2) is 20.9 Å². The van der Waals surface area contributed by atoms with Crippen LogP contribution < -0.4 is 14.4 Å². The van der Waals surface area contributed by atoms with Crippen molar-refractivity contribution in [2.45, 2.75) is 31.2 Å². The van der Waals surface area contributed by atoms with Crippen molar-refractivity contribution in [3.63, 3.8) is 0 Å². The summed E-state index contributed by atoms with van der Waals surface area (Å²) in [7, 11) is -3.70. The van der Waals surface area contributed by atoms with Crippen molar-refractivity contribution < 1.29 is 17.9 Å². The van der Waals surface area contributed by atoms with Gasteiger partial charge in [0.2, 0.25) is 15.9 Å². The SMILES string of the molecule is Cc1cc(S(=O)(=O)NCc2cccc(Oc3ccccc3)c2)ccc1N1CCCC1=O. The number of ether oxygens (including phenoxy) is 1. The van der Waals surface area contributed by atoms with E-state index in [0.717, 1.165) is 23.2 Å². The number of benzene rings is 3. The lowest BCUT2D eigenvalue weighted by molar-refractivity contribution is -0.117. The molecular weight excluding hydrogens is 412 g/mol. The molecule has 1 amide bonds. The fourth-order valence-corrected chi connectivity index (χ4v) is 4.71. The molecule has 0 atom stereocenters. The van der Waals surface area contributed by atoms with E-state index in [-0.39, 0.29) is 17.3 Å². The average molecular weight is 437 g/mol. The first-order valence-corrected chi connectivity index (χ1v) is 11.6. The standard InChI is InChI=1S/C24H24N2O4S/c1-18-15-22(12-13-23(18)26-14-6-11-24(26)27)31(28,29)25-17-19-7-5-10-21(16-19)30-20-8-3-2-4-9-20/h2-5,7-10,12-13,15-16,25H,6,11,14,17H2,1H3. The van der Waals surface area contributed by atoms with Gasteiger partial charge in [-0.3, -0.25) is 4.79 Å². The van der Waals surface area contributed by atoms with Crippen molar-refractivity contribution in [3.05, 3.63) is 83.9 Å². The van der Waals surface area contributed by atoms with E-state index < -0.39 is 10.0 Å². The molecule has 160 valence electrons. The zero-order chi connectivity index (χ0) is 21.8. The molecule has 1 aliphatic rings. The Labute approximate surface area is 182 Å². The zero-order valence-electron chi connectivity index (χ0n) is 17.2. The van der Waals surface area contributed by atoms with Gasteiger partial charge in [-0.1, -0.05) is 30.3 Å². The Balaban J connectivity index is 1.45. The van der Waals surface area contributed by atoms with Crippen LogP contribution in [0.2, 0.25) is 0 Å². The van der Waals surface area contributed by atoms with Crippen molar-refractivity contribution in [1.82, 2.24) is 4.72 Å². The molecule has 0 spiro atoms. The summed E-state index contributed by atoms with van der Waals surface area (Å²) in [5, 5.41) is 0. The summed E-state index contributed by atoms with van der Waals surface area (Å²) in [5.74, 6) is 1.43. The molecule has 31 heavy (non-hydrogen) atoms. The molecule has 1 saturated heterocycles. The van der Waals surface area contributed by atoms with Crippen LogP contribution in [0.3, 0.4) is 0 Å². The van der Waals surface area contributed by atoms with Crippen LogP contribution in [0, 0.1) is 6.92 Å². The van der Waals surface area contributed by atoms with Crippen molar-refractivity contribution in [2.75, 3.05) is 11.4 Å². The molecule has 0 unspecified atom stereocenters. The third-order valence-electron chi connectivity index (χ3n) is 5.19. The second kappa shape index (κ2) is 8.91. The highest BCUT2D eigenvalue weighted by atomic mass is 32.2. The molecule has 0 bridgehead atoms. The van der Waals surface area contributed by atoms with Crippen molar-refractivity contribution in [1.29, 1.82) is 0 Å². The van der Waals surface area contributed by atoms with Gasteiger partial charge in [0.1, 0.15) is 11.5 Å². The van der Waals surface area contributed by atoms with E-state index in [1.165, 1.54) is 0 Å². The van der Waals surface area contributed by atoms with E-state index in [0.29, 0.717) is 24.5 Å². The Morgan fingerprint density at radius 3 is 2.45 bits per heavy atom. The summed E-state index contributed by atoms with van der Waals surface area (Å²) in [5.41, 5.74) is 2.32. The number of aryl methyl sites for hydroxylation is 1. The lowest BCUT2D eigenvalue weighted by atomic mass is 10.2. The molecule has 1 N–H and O–H groups in total. The molecule has 4 rings (SSSR count). The van der Waals surface area contributed by atoms with E-state index in [2.05, 4.69) is 4.72 Å². The summed E-state index contributed by atoms with van der Waals surface area (Å²) in [4.78, 5) is 13.9. The van der Waals surface area contributed by atoms with E-state index >= 15 is 0 Å². The number of nitrogens with one attached hydrogen (secondary N) is 1. The van der Waals surface area contributed by atoms with Crippen LogP contribution in [0.1, 0.15) is 24.0 Å². The normalized spacial score (nSPS) is 14.1. The molecule has 6 nitrogen and oxygen atoms in total. The Hall–Kier alpha value is -3.16. The number of carbonyl (C=O) groups is 1. The summed E-state index contributed by atoms with van der Waals surface area (Å²) in [6, 6.07) is 21.6. The Bertz CT molecular complexity index is 1190. The van der Waals surface area contributed by atoms with Crippen molar-refractivity contribution >= 4 is 21.6 Å². The second-order valence-corrected chi connectivity index (χ2v) is 9.25. The van der Waals surface area contributed by atoms with Crippen LogP contribution >= 0.6 is 0 Å². The van der Waals surface area contributed by atoms with Crippen molar-refractivity contribution in [2.24, 2.45) is 0 Å². The number of carbonyl (C=O) groups excluding carboxylic acids is 1. The Morgan fingerprint density at radius 2 is 1.74 bits per heavy atom. The summed E-state index contributed by atoms with van der Waals surface area (Å²) in [6.07, 6.45) is 1.36. The third-order valence-corrected chi connectivity index (χ3v) is 6.59. The summed E-state index contributed by atoms with van der Waals surface area (Å²) in [6.45, 7) is 2.63. The van der Waals surface area contributed by atoms with Gasteiger partial charge in [0.25, 0.3) is 0 Å². The molecule has 3 aromatic carbocycles. The molecule has 1 fully saturated rings. The number of nitrogens with zero attached hydrogens (tertiary/aromatic N) is 1. The average Bonchev–Trinajstić information content (AvgIpc) is 3.19. The van der Waals surface area contributed by atoms with Crippen molar-refractivity contribution in [3.8, 4) is 11.5 Å². The molecule has 0 aromatic heterocycles. The van der Waals surface area contributed by atoms with Crippen LogP contribution in [0.15, 0.2) is 77.7 Å². The molecule has 7 heteroatoms. The van der Waals surface area contributed by atoms with Gasteiger partial charge >= 0.3 is 0 Å². The number of sulfonamides is 1. The number of anilines is 1. The molecular formula is C24H24N2O4S. The monoisotopic (exact) mass is 436 g/mol. The van der Waals surface area contributed by atoms with Gasteiger partial charge in [-0.15, -0.1) is 0 Å². The number of amides is 1. The van der Waals surface area contributed by atoms with Crippen LogP contribution in [0.5, 0.6) is 11.5 Å². The van der Waals surface area contributed by atoms with Gasteiger partial charge in [0.15, 0.2) is 0 Å². The first kappa shape index (κ1) is 21.1. The van der Waals surface area contributed by atoms with E-state index in [9.17, 15) is 13.2 Å². The van der Waals surface area contributed by atoms with E-state index in [1.54, 1.807) is 23.1 Å². The maximum absolute atomic E-state index is 12.8. The predicted molar refractivity (Wildman–Crippen MR) is 120 cm³/mol. The van der Waals surface area contributed by atoms with Gasteiger partial charge in [-0.05, 0) is 66.9 Å². The maximum atomic E-state index is 12.8. The lowest BCUT2D eigenvalue weighted by Crippen LogP contribution is -2.26. The number of rotatable bonds is 7. The van der Waals surface area contributed by atoms with Crippen LogP contribution in [-0.2, 0) is 21.4 Å². The van der Waals surface area contributed by atoms with Gasteiger partial charge in [-0.2, -0.15) is 0 Å². The van der Waals surface area contributed by atoms with Gasteiger partial charge in [0.05, 0.1) is 4.90 Å². The molecule has 0 radical (unpaired) electrons.